The molecule has 6 heteroatoms. The molecule has 1 aromatic carbocycles. The molecular formula is C15H17ClN2O2S. The number of carbonyl (C=O) groups is 1. The summed E-state index contributed by atoms with van der Waals surface area (Å²) in [5.41, 5.74) is 2.16. The minimum Gasteiger partial charge on any atom is -0.481 e. The highest BCUT2D eigenvalue weighted by atomic mass is 35.5. The SMILES string of the molecule is CCc1cnc(SCC(=O)O)n1C(C)c1cccc(Cl)c1. The van der Waals surface area contributed by atoms with E-state index < -0.39 is 5.97 Å². The van der Waals surface area contributed by atoms with Gasteiger partial charge in [0.2, 0.25) is 0 Å². The second-order valence-corrected chi connectivity index (χ2v) is 6.05. The lowest BCUT2D eigenvalue weighted by molar-refractivity contribution is -0.133. The molecule has 0 radical (unpaired) electrons. The number of hydrogen-bond acceptors (Lipinski definition) is 3. The fourth-order valence-corrected chi connectivity index (χ4v) is 3.19. The summed E-state index contributed by atoms with van der Waals surface area (Å²) in [5.74, 6) is -0.842. The van der Waals surface area contributed by atoms with E-state index in [-0.39, 0.29) is 11.8 Å². The number of carboxylic acid groups (broad SMARTS) is 1. The molecule has 0 aliphatic rings. The molecule has 2 aromatic rings. The smallest absolute Gasteiger partial charge is 0.313 e. The van der Waals surface area contributed by atoms with Crippen LogP contribution in [0.4, 0.5) is 0 Å². The Balaban J connectivity index is 2.36. The fraction of sp³-hybridized carbons (Fsp3) is 0.333. The molecule has 112 valence electrons. The van der Waals surface area contributed by atoms with Crippen molar-refractivity contribution in [1.29, 1.82) is 0 Å². The van der Waals surface area contributed by atoms with Crippen LogP contribution in [0.2, 0.25) is 5.02 Å². The van der Waals surface area contributed by atoms with E-state index in [0.29, 0.717) is 5.02 Å². The largest absolute Gasteiger partial charge is 0.481 e. The van der Waals surface area contributed by atoms with Crippen molar-refractivity contribution in [3.8, 4) is 0 Å². The summed E-state index contributed by atoms with van der Waals surface area (Å²) in [6, 6.07) is 7.75. The van der Waals surface area contributed by atoms with E-state index in [1.54, 1.807) is 0 Å². The minimum atomic E-state index is -0.844. The Hall–Kier alpha value is -1.46. The summed E-state index contributed by atoms with van der Waals surface area (Å²) in [6.07, 6.45) is 2.65. The number of imidazole rings is 1. The van der Waals surface area contributed by atoms with Gasteiger partial charge in [0.05, 0.1) is 11.8 Å². The van der Waals surface area contributed by atoms with Gasteiger partial charge in [0.15, 0.2) is 5.16 Å². The lowest BCUT2D eigenvalue weighted by atomic mass is 10.1. The Morgan fingerprint density at radius 3 is 2.90 bits per heavy atom. The molecule has 0 fully saturated rings. The Kier molecular flexibility index (Phi) is 5.31. The first-order valence-corrected chi connectivity index (χ1v) is 8.05. The van der Waals surface area contributed by atoms with Crippen LogP contribution in [0.25, 0.3) is 0 Å². The van der Waals surface area contributed by atoms with Gasteiger partial charge in [0.25, 0.3) is 0 Å². The van der Waals surface area contributed by atoms with Crippen LogP contribution in [0.1, 0.15) is 31.1 Å². The van der Waals surface area contributed by atoms with Gasteiger partial charge in [-0.3, -0.25) is 4.79 Å². The molecule has 0 aliphatic heterocycles. The van der Waals surface area contributed by atoms with Crippen LogP contribution in [0, 0.1) is 0 Å². The van der Waals surface area contributed by atoms with E-state index in [0.717, 1.165) is 22.8 Å². The molecule has 1 aromatic heterocycles. The van der Waals surface area contributed by atoms with E-state index >= 15 is 0 Å². The van der Waals surface area contributed by atoms with Crippen molar-refractivity contribution in [1.82, 2.24) is 9.55 Å². The van der Waals surface area contributed by atoms with Gasteiger partial charge in [-0.05, 0) is 31.0 Å². The van der Waals surface area contributed by atoms with E-state index in [9.17, 15) is 4.79 Å². The van der Waals surface area contributed by atoms with Gasteiger partial charge >= 0.3 is 5.97 Å². The van der Waals surface area contributed by atoms with Gasteiger partial charge in [0, 0.05) is 16.9 Å². The highest BCUT2D eigenvalue weighted by molar-refractivity contribution is 7.99. The molecule has 2 rings (SSSR count). The predicted octanol–water partition coefficient (Wildman–Crippen LogP) is 3.88. The first-order valence-electron chi connectivity index (χ1n) is 6.69. The standard InChI is InChI=1S/C15H17ClN2O2S/c1-3-13-8-17-15(21-9-14(19)20)18(13)10(2)11-5-4-6-12(16)7-11/h4-8,10H,3,9H2,1-2H3,(H,19,20). The Labute approximate surface area is 133 Å². The summed E-state index contributed by atoms with van der Waals surface area (Å²) >= 11 is 7.30. The number of nitrogens with zero attached hydrogens (tertiary/aromatic N) is 2. The topological polar surface area (TPSA) is 55.1 Å². The van der Waals surface area contributed by atoms with Crippen molar-refractivity contribution < 1.29 is 9.90 Å². The van der Waals surface area contributed by atoms with Gasteiger partial charge in [-0.1, -0.05) is 42.4 Å². The lowest BCUT2D eigenvalue weighted by Gasteiger charge is -2.19. The van der Waals surface area contributed by atoms with E-state index in [4.69, 9.17) is 16.7 Å². The zero-order chi connectivity index (χ0) is 15.4. The van der Waals surface area contributed by atoms with Crippen LogP contribution in [-0.2, 0) is 11.2 Å². The van der Waals surface area contributed by atoms with Crippen molar-refractivity contribution in [3.05, 3.63) is 46.7 Å². The number of benzene rings is 1. The third kappa shape index (κ3) is 3.80. The van der Waals surface area contributed by atoms with Crippen LogP contribution in [0.15, 0.2) is 35.6 Å². The molecule has 0 aliphatic carbocycles. The summed E-state index contributed by atoms with van der Waals surface area (Å²) in [6.45, 7) is 4.13. The zero-order valence-corrected chi connectivity index (χ0v) is 13.5. The number of thioether (sulfide) groups is 1. The molecule has 0 saturated heterocycles. The lowest BCUT2D eigenvalue weighted by Crippen LogP contribution is -2.12. The number of halogens is 1. The maximum absolute atomic E-state index is 10.8. The summed E-state index contributed by atoms with van der Waals surface area (Å²) < 4.78 is 2.08. The van der Waals surface area contributed by atoms with Crippen LogP contribution < -0.4 is 0 Å². The first kappa shape index (κ1) is 15.9. The van der Waals surface area contributed by atoms with Crippen molar-refractivity contribution in [2.45, 2.75) is 31.5 Å². The molecular weight excluding hydrogens is 308 g/mol. The predicted molar refractivity (Wildman–Crippen MR) is 85.2 cm³/mol. The van der Waals surface area contributed by atoms with E-state index in [1.807, 2.05) is 30.5 Å². The van der Waals surface area contributed by atoms with Crippen molar-refractivity contribution in [2.75, 3.05) is 5.75 Å². The Morgan fingerprint density at radius 2 is 2.29 bits per heavy atom. The number of aliphatic carboxylic acids is 1. The second-order valence-electron chi connectivity index (χ2n) is 4.67. The van der Waals surface area contributed by atoms with Gasteiger partial charge in [-0.25, -0.2) is 4.98 Å². The van der Waals surface area contributed by atoms with Crippen molar-refractivity contribution in [2.24, 2.45) is 0 Å². The molecule has 1 heterocycles. The van der Waals surface area contributed by atoms with Crippen molar-refractivity contribution in [3.63, 3.8) is 0 Å². The highest BCUT2D eigenvalue weighted by Gasteiger charge is 2.17. The molecule has 1 unspecified atom stereocenters. The molecule has 0 amide bonds. The molecule has 0 saturated carbocycles. The maximum atomic E-state index is 10.8. The summed E-state index contributed by atoms with van der Waals surface area (Å²) in [5, 5.41) is 10.3. The molecule has 1 N–H and O–H groups in total. The average molecular weight is 325 g/mol. The number of rotatable bonds is 6. The van der Waals surface area contributed by atoms with Gasteiger partial charge in [0.1, 0.15) is 0 Å². The maximum Gasteiger partial charge on any atom is 0.313 e. The van der Waals surface area contributed by atoms with Gasteiger partial charge in [-0.15, -0.1) is 0 Å². The number of aromatic nitrogens is 2. The average Bonchev–Trinajstić information content (AvgIpc) is 2.87. The van der Waals surface area contributed by atoms with Crippen LogP contribution in [0.3, 0.4) is 0 Å². The monoisotopic (exact) mass is 324 g/mol. The Morgan fingerprint density at radius 1 is 1.52 bits per heavy atom. The van der Waals surface area contributed by atoms with Gasteiger partial charge in [-0.2, -0.15) is 0 Å². The minimum absolute atomic E-state index is 0.00241. The number of hydrogen-bond donors (Lipinski definition) is 1. The third-order valence-corrected chi connectivity index (χ3v) is 4.43. The number of aryl methyl sites for hydroxylation is 1. The van der Waals surface area contributed by atoms with Crippen molar-refractivity contribution >= 4 is 29.3 Å². The summed E-state index contributed by atoms with van der Waals surface area (Å²) in [7, 11) is 0. The summed E-state index contributed by atoms with van der Waals surface area (Å²) in [4.78, 5) is 15.1. The fourth-order valence-electron chi connectivity index (χ4n) is 2.20. The molecule has 1 atom stereocenters. The van der Waals surface area contributed by atoms with Crippen LogP contribution in [-0.4, -0.2) is 26.4 Å². The van der Waals surface area contributed by atoms with Crippen LogP contribution >= 0.6 is 23.4 Å². The first-order chi connectivity index (χ1) is 10.0. The highest BCUT2D eigenvalue weighted by Crippen LogP contribution is 2.28. The third-order valence-electron chi connectivity index (χ3n) is 3.24. The normalized spacial score (nSPS) is 12.3. The molecule has 4 nitrogen and oxygen atoms in total. The Bertz CT molecular complexity index is 642. The van der Waals surface area contributed by atoms with E-state index in [1.165, 1.54) is 11.8 Å². The molecule has 0 spiro atoms. The molecule has 0 bridgehead atoms. The van der Waals surface area contributed by atoms with Crippen LogP contribution in [0.5, 0.6) is 0 Å². The molecule has 21 heavy (non-hydrogen) atoms. The second kappa shape index (κ2) is 7.00. The quantitative estimate of drug-likeness (QED) is 0.819. The number of carboxylic acids is 1. The van der Waals surface area contributed by atoms with Gasteiger partial charge < -0.3 is 9.67 Å². The zero-order valence-electron chi connectivity index (χ0n) is 11.9. The van der Waals surface area contributed by atoms with E-state index in [2.05, 4.69) is 23.4 Å².